The van der Waals surface area contributed by atoms with Gasteiger partial charge in [-0.2, -0.15) is 0 Å². The van der Waals surface area contributed by atoms with Crippen LogP contribution >= 0.6 is 0 Å². The Bertz CT molecular complexity index is 330. The molecular weight excluding hydrogens is 190 g/mol. The number of hydrogen-bond donors (Lipinski definition) is 1. The lowest BCUT2D eigenvalue weighted by atomic mass is 10.2. The highest BCUT2D eigenvalue weighted by molar-refractivity contribution is 5.89. The van der Waals surface area contributed by atoms with Gasteiger partial charge >= 0.3 is 5.97 Å². The number of nitrogens with one attached hydrogen (secondary N) is 1. The number of benzene rings is 1. The first-order valence-corrected chi connectivity index (χ1v) is 4.81. The Kier molecular flexibility index (Phi) is 4.41. The van der Waals surface area contributed by atoms with Crippen molar-refractivity contribution < 1.29 is 9.53 Å². The number of esters is 1. The van der Waals surface area contributed by atoms with Crippen molar-refractivity contribution >= 4 is 11.7 Å². The van der Waals surface area contributed by atoms with E-state index in [2.05, 4.69) is 16.6 Å². The van der Waals surface area contributed by atoms with Crippen LogP contribution < -0.4 is 5.32 Å². The molecular formula is C12H15NO2. The number of carbonyl (C=O) groups is 1. The summed E-state index contributed by atoms with van der Waals surface area (Å²) in [5.74, 6) is -0.312. The topological polar surface area (TPSA) is 38.3 Å². The second-order valence-corrected chi connectivity index (χ2v) is 3.07. The summed E-state index contributed by atoms with van der Waals surface area (Å²) in [6.45, 7) is 4.49. The summed E-state index contributed by atoms with van der Waals surface area (Å²) < 4.78 is 4.60. The van der Waals surface area contributed by atoms with Gasteiger partial charge in [-0.25, -0.2) is 4.79 Å². The van der Waals surface area contributed by atoms with Gasteiger partial charge in [-0.3, -0.25) is 0 Å². The van der Waals surface area contributed by atoms with Gasteiger partial charge in [0.1, 0.15) is 0 Å². The maximum absolute atomic E-state index is 11.1. The number of ether oxygens (including phenoxy) is 1. The third-order valence-corrected chi connectivity index (χ3v) is 1.98. The molecule has 0 fully saturated rings. The molecule has 0 aliphatic heterocycles. The summed E-state index contributed by atoms with van der Waals surface area (Å²) in [5.41, 5.74) is 1.55. The van der Waals surface area contributed by atoms with Crippen molar-refractivity contribution in [3.8, 4) is 0 Å². The smallest absolute Gasteiger partial charge is 0.337 e. The maximum Gasteiger partial charge on any atom is 0.337 e. The molecule has 3 heteroatoms. The van der Waals surface area contributed by atoms with Crippen LogP contribution in [0.1, 0.15) is 16.8 Å². The molecule has 0 saturated carbocycles. The summed E-state index contributed by atoms with van der Waals surface area (Å²) in [6, 6.07) is 7.19. The van der Waals surface area contributed by atoms with Crippen LogP contribution in [-0.2, 0) is 4.74 Å². The van der Waals surface area contributed by atoms with Crippen LogP contribution in [0.25, 0.3) is 0 Å². The molecule has 0 aliphatic carbocycles. The molecule has 0 aromatic heterocycles. The van der Waals surface area contributed by atoms with Gasteiger partial charge in [0.25, 0.3) is 0 Å². The van der Waals surface area contributed by atoms with E-state index in [1.165, 1.54) is 7.11 Å². The van der Waals surface area contributed by atoms with Crippen LogP contribution in [0.2, 0.25) is 0 Å². The Balaban J connectivity index is 2.56. The van der Waals surface area contributed by atoms with Gasteiger partial charge in [-0.1, -0.05) is 6.08 Å². The van der Waals surface area contributed by atoms with E-state index in [4.69, 9.17) is 0 Å². The molecule has 0 bridgehead atoms. The summed E-state index contributed by atoms with van der Waals surface area (Å²) in [5, 5.41) is 3.21. The highest BCUT2D eigenvalue weighted by Crippen LogP contribution is 2.10. The molecule has 1 N–H and O–H groups in total. The lowest BCUT2D eigenvalue weighted by Gasteiger charge is -2.05. The van der Waals surface area contributed by atoms with Crippen molar-refractivity contribution in [1.82, 2.24) is 0 Å². The fourth-order valence-corrected chi connectivity index (χ4v) is 1.16. The van der Waals surface area contributed by atoms with Gasteiger partial charge < -0.3 is 10.1 Å². The third-order valence-electron chi connectivity index (χ3n) is 1.98. The molecule has 0 radical (unpaired) electrons. The maximum atomic E-state index is 11.1. The predicted octanol–water partition coefficient (Wildman–Crippen LogP) is 2.46. The number of carbonyl (C=O) groups excluding carboxylic acids is 1. The molecule has 1 aromatic carbocycles. The Morgan fingerprint density at radius 2 is 2.13 bits per heavy atom. The van der Waals surface area contributed by atoms with E-state index in [1.807, 2.05) is 18.2 Å². The van der Waals surface area contributed by atoms with Crippen LogP contribution in [0.15, 0.2) is 36.9 Å². The Labute approximate surface area is 89.8 Å². The predicted molar refractivity (Wildman–Crippen MR) is 61.1 cm³/mol. The van der Waals surface area contributed by atoms with Gasteiger partial charge in [0.15, 0.2) is 0 Å². The van der Waals surface area contributed by atoms with Crippen molar-refractivity contribution in [3.05, 3.63) is 42.5 Å². The zero-order valence-corrected chi connectivity index (χ0v) is 8.82. The second kappa shape index (κ2) is 5.86. The number of rotatable bonds is 5. The van der Waals surface area contributed by atoms with Crippen molar-refractivity contribution in [2.75, 3.05) is 19.0 Å². The van der Waals surface area contributed by atoms with Gasteiger partial charge in [0.05, 0.1) is 12.7 Å². The van der Waals surface area contributed by atoms with Gasteiger partial charge in [0.2, 0.25) is 0 Å². The van der Waals surface area contributed by atoms with E-state index in [0.717, 1.165) is 18.7 Å². The van der Waals surface area contributed by atoms with E-state index in [-0.39, 0.29) is 5.97 Å². The lowest BCUT2D eigenvalue weighted by Crippen LogP contribution is -2.03. The average Bonchev–Trinajstić information content (AvgIpc) is 2.29. The van der Waals surface area contributed by atoms with Gasteiger partial charge in [-0.15, -0.1) is 6.58 Å². The summed E-state index contributed by atoms with van der Waals surface area (Å²) >= 11 is 0. The zero-order valence-electron chi connectivity index (χ0n) is 8.82. The average molecular weight is 205 g/mol. The van der Waals surface area contributed by atoms with E-state index in [9.17, 15) is 4.79 Å². The second-order valence-electron chi connectivity index (χ2n) is 3.07. The quantitative estimate of drug-likeness (QED) is 0.456. The molecule has 1 rings (SSSR count). The monoisotopic (exact) mass is 205 g/mol. The van der Waals surface area contributed by atoms with Gasteiger partial charge in [0, 0.05) is 12.2 Å². The summed E-state index contributed by atoms with van der Waals surface area (Å²) in [6.07, 6.45) is 2.77. The van der Waals surface area contributed by atoms with E-state index in [1.54, 1.807) is 12.1 Å². The zero-order chi connectivity index (χ0) is 11.1. The molecule has 0 heterocycles. The van der Waals surface area contributed by atoms with Gasteiger partial charge in [-0.05, 0) is 30.7 Å². The minimum absolute atomic E-state index is 0.312. The Morgan fingerprint density at radius 1 is 1.47 bits per heavy atom. The molecule has 3 nitrogen and oxygen atoms in total. The fourth-order valence-electron chi connectivity index (χ4n) is 1.16. The van der Waals surface area contributed by atoms with Crippen molar-refractivity contribution in [2.24, 2.45) is 0 Å². The van der Waals surface area contributed by atoms with Crippen LogP contribution in [0.5, 0.6) is 0 Å². The van der Waals surface area contributed by atoms with Crippen LogP contribution in [0.4, 0.5) is 5.69 Å². The highest BCUT2D eigenvalue weighted by Gasteiger charge is 2.03. The Hall–Kier alpha value is -1.77. The van der Waals surface area contributed by atoms with Crippen molar-refractivity contribution in [2.45, 2.75) is 6.42 Å². The molecule has 0 saturated heterocycles. The first-order valence-electron chi connectivity index (χ1n) is 4.81. The molecule has 0 spiro atoms. The minimum atomic E-state index is -0.312. The van der Waals surface area contributed by atoms with E-state index >= 15 is 0 Å². The SMILES string of the molecule is C=CCCNc1ccc(C(=O)OC)cc1. The van der Waals surface area contributed by atoms with Crippen molar-refractivity contribution in [1.29, 1.82) is 0 Å². The molecule has 1 aromatic rings. The molecule has 0 unspecified atom stereocenters. The van der Waals surface area contributed by atoms with Crippen molar-refractivity contribution in [3.63, 3.8) is 0 Å². The number of methoxy groups -OCH3 is 1. The highest BCUT2D eigenvalue weighted by atomic mass is 16.5. The fraction of sp³-hybridized carbons (Fsp3) is 0.250. The Morgan fingerprint density at radius 3 is 2.67 bits per heavy atom. The molecule has 0 atom stereocenters. The standard InChI is InChI=1S/C12H15NO2/c1-3-4-9-13-11-7-5-10(6-8-11)12(14)15-2/h3,5-8,13H,1,4,9H2,2H3. The summed E-state index contributed by atoms with van der Waals surface area (Å²) in [4.78, 5) is 11.1. The normalized spacial score (nSPS) is 9.40. The minimum Gasteiger partial charge on any atom is -0.465 e. The number of anilines is 1. The van der Waals surface area contributed by atoms with Crippen LogP contribution in [-0.4, -0.2) is 19.6 Å². The van der Waals surface area contributed by atoms with Crippen LogP contribution in [0, 0.1) is 0 Å². The van der Waals surface area contributed by atoms with E-state index in [0.29, 0.717) is 5.56 Å². The lowest BCUT2D eigenvalue weighted by molar-refractivity contribution is 0.0601. The van der Waals surface area contributed by atoms with E-state index < -0.39 is 0 Å². The first-order chi connectivity index (χ1) is 7.27. The summed E-state index contributed by atoms with van der Waals surface area (Å²) in [7, 11) is 1.37. The largest absolute Gasteiger partial charge is 0.465 e. The van der Waals surface area contributed by atoms with Crippen LogP contribution in [0.3, 0.4) is 0 Å². The first kappa shape index (κ1) is 11.3. The third kappa shape index (κ3) is 3.46. The number of hydrogen-bond acceptors (Lipinski definition) is 3. The molecule has 0 aliphatic rings. The molecule has 80 valence electrons. The molecule has 15 heavy (non-hydrogen) atoms. The molecule has 0 amide bonds.